The Morgan fingerprint density at radius 1 is 1.35 bits per heavy atom. The highest BCUT2D eigenvalue weighted by molar-refractivity contribution is 6.12. The zero-order chi connectivity index (χ0) is 16.3. The van der Waals surface area contributed by atoms with Crippen molar-refractivity contribution in [3.8, 4) is 5.75 Å². The van der Waals surface area contributed by atoms with Gasteiger partial charge in [-0.2, -0.15) is 0 Å². The first-order chi connectivity index (χ1) is 11.2. The second kappa shape index (κ2) is 6.71. The van der Waals surface area contributed by atoms with Crippen LogP contribution in [0.4, 0.5) is 0 Å². The van der Waals surface area contributed by atoms with Gasteiger partial charge in [0.1, 0.15) is 11.4 Å². The molecule has 1 atom stereocenters. The zero-order valence-electron chi connectivity index (χ0n) is 13.5. The van der Waals surface area contributed by atoms with E-state index in [4.69, 9.17) is 9.47 Å². The summed E-state index contributed by atoms with van der Waals surface area (Å²) in [5.41, 5.74) is -0.297. The smallest absolute Gasteiger partial charge is 0.321 e. The first kappa shape index (κ1) is 16.0. The number of benzene rings is 1. The van der Waals surface area contributed by atoms with Crippen LogP contribution in [-0.2, 0) is 9.53 Å². The quantitative estimate of drug-likeness (QED) is 0.524. The molecule has 23 heavy (non-hydrogen) atoms. The molecule has 1 unspecified atom stereocenters. The van der Waals surface area contributed by atoms with Gasteiger partial charge in [0.15, 0.2) is 11.7 Å². The lowest BCUT2D eigenvalue weighted by Gasteiger charge is -2.44. The molecule has 2 aliphatic rings. The van der Waals surface area contributed by atoms with Gasteiger partial charge >= 0.3 is 5.97 Å². The zero-order valence-corrected chi connectivity index (χ0v) is 13.5. The SMILES string of the molecule is CCCCOC(=O)C1C(=O)c2ccccc2OC12CCNCC2. The van der Waals surface area contributed by atoms with Gasteiger partial charge in [0.05, 0.1) is 12.2 Å². The van der Waals surface area contributed by atoms with Gasteiger partial charge in [0.25, 0.3) is 0 Å². The molecule has 1 fully saturated rings. The Morgan fingerprint density at radius 3 is 2.83 bits per heavy atom. The van der Waals surface area contributed by atoms with Gasteiger partial charge in [-0.15, -0.1) is 0 Å². The van der Waals surface area contributed by atoms with Crippen molar-refractivity contribution < 1.29 is 19.1 Å². The number of nitrogens with one attached hydrogen (secondary N) is 1. The fourth-order valence-electron chi connectivity index (χ4n) is 3.39. The van der Waals surface area contributed by atoms with Crippen LogP contribution in [0.15, 0.2) is 24.3 Å². The lowest BCUT2D eigenvalue weighted by atomic mass is 9.74. The third kappa shape index (κ3) is 2.98. The predicted molar refractivity (Wildman–Crippen MR) is 85.6 cm³/mol. The largest absolute Gasteiger partial charge is 0.485 e. The van der Waals surface area contributed by atoms with Crippen LogP contribution in [-0.4, -0.2) is 37.0 Å². The molecule has 3 rings (SSSR count). The van der Waals surface area contributed by atoms with E-state index in [1.54, 1.807) is 18.2 Å². The first-order valence-electron chi connectivity index (χ1n) is 8.37. The lowest BCUT2D eigenvalue weighted by Crippen LogP contribution is -2.58. The van der Waals surface area contributed by atoms with Gasteiger partial charge in [-0.3, -0.25) is 9.59 Å². The van der Waals surface area contributed by atoms with Crippen LogP contribution in [0, 0.1) is 5.92 Å². The van der Waals surface area contributed by atoms with Gasteiger partial charge in [-0.05, 0) is 31.6 Å². The number of rotatable bonds is 4. The molecule has 2 aliphatic heterocycles. The van der Waals surface area contributed by atoms with E-state index in [1.807, 2.05) is 13.0 Å². The van der Waals surface area contributed by atoms with E-state index in [0.717, 1.165) is 25.9 Å². The number of esters is 1. The predicted octanol–water partition coefficient (Wildman–Crippen LogP) is 2.34. The standard InChI is InChI=1S/C18H23NO4/c1-2-3-12-22-17(21)15-16(20)13-6-4-5-7-14(13)23-18(15)8-10-19-11-9-18/h4-7,15,19H,2-3,8-12H2,1H3. The monoisotopic (exact) mass is 317 g/mol. The maximum Gasteiger partial charge on any atom is 0.321 e. The molecule has 124 valence electrons. The molecule has 1 aromatic carbocycles. The number of hydrogen-bond acceptors (Lipinski definition) is 5. The van der Waals surface area contributed by atoms with E-state index in [1.165, 1.54) is 0 Å². The number of carbonyl (C=O) groups is 2. The average molecular weight is 317 g/mol. The summed E-state index contributed by atoms with van der Waals surface area (Å²) >= 11 is 0. The normalized spacial score (nSPS) is 22.3. The molecule has 5 nitrogen and oxygen atoms in total. The summed E-state index contributed by atoms with van der Waals surface area (Å²) in [4.78, 5) is 25.6. The lowest BCUT2D eigenvalue weighted by molar-refractivity contribution is -0.156. The summed E-state index contributed by atoms with van der Waals surface area (Å²) in [7, 11) is 0. The second-order valence-electron chi connectivity index (χ2n) is 6.23. The summed E-state index contributed by atoms with van der Waals surface area (Å²) in [5, 5.41) is 3.26. The van der Waals surface area contributed by atoms with Crippen LogP contribution in [0.3, 0.4) is 0 Å². The summed E-state index contributed by atoms with van der Waals surface area (Å²) in [6.45, 7) is 3.85. The fourth-order valence-corrected chi connectivity index (χ4v) is 3.39. The van der Waals surface area contributed by atoms with Gasteiger partial charge in [0.2, 0.25) is 0 Å². The molecule has 1 aromatic rings. The molecule has 0 amide bonds. The van der Waals surface area contributed by atoms with Crippen LogP contribution in [0.1, 0.15) is 43.0 Å². The molecule has 5 heteroatoms. The Labute approximate surface area is 136 Å². The van der Waals surface area contributed by atoms with Gasteiger partial charge in [0, 0.05) is 12.8 Å². The number of Topliss-reactive ketones (excluding diaryl/α,β-unsaturated/α-hetero) is 1. The minimum atomic E-state index is -0.864. The van der Waals surface area contributed by atoms with Crippen LogP contribution in [0.25, 0.3) is 0 Å². The van der Waals surface area contributed by atoms with Crippen molar-refractivity contribution in [3.05, 3.63) is 29.8 Å². The van der Waals surface area contributed by atoms with Crippen LogP contribution in [0.5, 0.6) is 5.75 Å². The highest BCUT2D eigenvalue weighted by Gasteiger charge is 2.54. The van der Waals surface area contributed by atoms with E-state index in [0.29, 0.717) is 30.8 Å². The number of piperidine rings is 1. The van der Waals surface area contributed by atoms with Crippen molar-refractivity contribution in [2.45, 2.75) is 38.2 Å². The van der Waals surface area contributed by atoms with E-state index >= 15 is 0 Å². The molecule has 0 radical (unpaired) electrons. The van der Waals surface area contributed by atoms with Gasteiger partial charge < -0.3 is 14.8 Å². The molecule has 2 heterocycles. The van der Waals surface area contributed by atoms with Crippen molar-refractivity contribution in [2.75, 3.05) is 19.7 Å². The van der Waals surface area contributed by atoms with Crippen LogP contribution >= 0.6 is 0 Å². The molecule has 1 N–H and O–H groups in total. The maximum absolute atomic E-state index is 13.0. The topological polar surface area (TPSA) is 64.6 Å². The Kier molecular flexibility index (Phi) is 4.66. The van der Waals surface area contributed by atoms with E-state index in [2.05, 4.69) is 5.32 Å². The molecule has 0 bridgehead atoms. The summed E-state index contributed by atoms with van der Waals surface area (Å²) in [6, 6.07) is 7.16. The Balaban J connectivity index is 1.92. The number of hydrogen-bond donors (Lipinski definition) is 1. The van der Waals surface area contributed by atoms with Crippen molar-refractivity contribution in [2.24, 2.45) is 5.92 Å². The summed E-state index contributed by atoms with van der Waals surface area (Å²) < 4.78 is 11.6. The molecule has 0 aromatic heterocycles. The van der Waals surface area contributed by atoms with Crippen molar-refractivity contribution in [1.82, 2.24) is 5.32 Å². The minimum absolute atomic E-state index is 0.171. The van der Waals surface area contributed by atoms with Gasteiger partial charge in [-0.1, -0.05) is 25.5 Å². The van der Waals surface area contributed by atoms with Crippen molar-refractivity contribution in [1.29, 1.82) is 0 Å². The highest BCUT2D eigenvalue weighted by Crippen LogP contribution is 2.42. The van der Waals surface area contributed by atoms with Crippen LogP contribution < -0.4 is 10.1 Å². The number of para-hydroxylation sites is 1. The van der Waals surface area contributed by atoms with Gasteiger partial charge in [-0.25, -0.2) is 0 Å². The van der Waals surface area contributed by atoms with Crippen LogP contribution in [0.2, 0.25) is 0 Å². The van der Waals surface area contributed by atoms with Crippen molar-refractivity contribution >= 4 is 11.8 Å². The summed E-state index contributed by atoms with van der Waals surface area (Å²) in [6.07, 6.45) is 3.00. The minimum Gasteiger partial charge on any atom is -0.485 e. The average Bonchev–Trinajstić information content (AvgIpc) is 2.56. The maximum atomic E-state index is 13.0. The molecule has 0 saturated carbocycles. The number of carbonyl (C=O) groups excluding carboxylic acids is 2. The Morgan fingerprint density at radius 2 is 2.09 bits per heavy atom. The molecular weight excluding hydrogens is 294 g/mol. The second-order valence-corrected chi connectivity index (χ2v) is 6.23. The number of fused-ring (bicyclic) bond motifs is 1. The molecule has 1 spiro atoms. The molecular formula is C18H23NO4. The summed E-state index contributed by atoms with van der Waals surface area (Å²) in [5.74, 6) is -0.900. The van der Waals surface area contributed by atoms with Crippen molar-refractivity contribution in [3.63, 3.8) is 0 Å². The van der Waals surface area contributed by atoms with E-state index in [-0.39, 0.29) is 5.78 Å². The molecule has 0 aliphatic carbocycles. The third-order valence-corrected chi connectivity index (χ3v) is 4.68. The number of unbranched alkanes of at least 4 members (excludes halogenated alkanes) is 1. The first-order valence-corrected chi connectivity index (χ1v) is 8.37. The third-order valence-electron chi connectivity index (χ3n) is 4.68. The Hall–Kier alpha value is -1.88. The number of ketones is 1. The molecule has 1 saturated heterocycles. The van der Waals surface area contributed by atoms with E-state index in [9.17, 15) is 9.59 Å². The highest BCUT2D eigenvalue weighted by atomic mass is 16.5. The Bertz CT molecular complexity index is 592. The van der Waals surface area contributed by atoms with E-state index < -0.39 is 17.5 Å². The fraction of sp³-hybridized carbons (Fsp3) is 0.556. The number of ether oxygens (including phenoxy) is 2.